The van der Waals surface area contributed by atoms with E-state index in [4.69, 9.17) is 0 Å². The highest BCUT2D eigenvalue weighted by Crippen LogP contribution is 2.45. The van der Waals surface area contributed by atoms with Crippen LogP contribution in [0.15, 0.2) is 41.6 Å². The summed E-state index contributed by atoms with van der Waals surface area (Å²) >= 11 is 0. The van der Waals surface area contributed by atoms with E-state index in [-0.39, 0.29) is 5.56 Å². The fourth-order valence-electron chi connectivity index (χ4n) is 4.03. The van der Waals surface area contributed by atoms with Gasteiger partial charge < -0.3 is 4.98 Å². The Morgan fingerprint density at radius 3 is 2.81 bits per heavy atom. The van der Waals surface area contributed by atoms with Gasteiger partial charge in [0.15, 0.2) is 0 Å². The Hall–Kier alpha value is -1.94. The van der Waals surface area contributed by atoms with Gasteiger partial charge in [0.25, 0.3) is 0 Å². The van der Waals surface area contributed by atoms with Crippen molar-refractivity contribution in [2.45, 2.75) is 37.3 Å². The van der Waals surface area contributed by atoms with E-state index in [2.05, 4.69) is 28.0 Å². The highest BCUT2D eigenvalue weighted by atomic mass is 16.1. The lowest BCUT2D eigenvalue weighted by Gasteiger charge is -2.22. The second-order valence-corrected chi connectivity index (χ2v) is 6.25. The zero-order chi connectivity index (χ0) is 14.4. The smallest absolute Gasteiger partial charge is 0.247 e. The summed E-state index contributed by atoms with van der Waals surface area (Å²) in [5, 5.41) is 0. The van der Waals surface area contributed by atoms with Gasteiger partial charge in [0.2, 0.25) is 5.56 Å². The zero-order valence-electron chi connectivity index (χ0n) is 12.1. The van der Waals surface area contributed by atoms with Gasteiger partial charge in [0.05, 0.1) is 0 Å². The molecule has 3 atom stereocenters. The molecule has 2 fully saturated rings. The minimum atomic E-state index is -0.0717. The zero-order valence-corrected chi connectivity index (χ0v) is 12.1. The molecule has 2 aromatic heterocycles. The van der Waals surface area contributed by atoms with Crippen molar-refractivity contribution in [1.29, 1.82) is 0 Å². The van der Waals surface area contributed by atoms with Gasteiger partial charge in [0, 0.05) is 48.2 Å². The molecule has 4 rings (SSSR count). The molecule has 2 bridgehead atoms. The Bertz CT molecular complexity index is 703. The number of nitrogens with zero attached hydrogens (tertiary/aromatic N) is 2. The maximum atomic E-state index is 11.2. The number of nitrogens with one attached hydrogen (secondary N) is 1. The van der Waals surface area contributed by atoms with Crippen molar-refractivity contribution in [3.8, 4) is 11.1 Å². The van der Waals surface area contributed by atoms with Crippen LogP contribution >= 0.6 is 0 Å². The number of aromatic nitrogens is 2. The maximum Gasteiger partial charge on any atom is 0.247 e. The predicted molar refractivity (Wildman–Crippen MR) is 82.2 cm³/mol. The maximum absolute atomic E-state index is 11.2. The molecule has 108 valence electrons. The Balaban J connectivity index is 1.67. The second-order valence-electron chi connectivity index (χ2n) is 6.25. The van der Waals surface area contributed by atoms with Crippen molar-refractivity contribution in [1.82, 2.24) is 14.9 Å². The van der Waals surface area contributed by atoms with Crippen molar-refractivity contribution < 1.29 is 0 Å². The standard InChI is InChI=1S/C17H19N3O/c1-20-14-3-4-16(20)15(7-14)13-6-12(8-18-9-13)11-2-5-17(21)19-10-11/h2,5-6,8-10,14-16H,3-4,7H2,1H3,(H,19,21)/t14-,15+,16+/m0/s1. The average Bonchev–Trinajstić information content (AvgIpc) is 3.03. The molecule has 0 radical (unpaired) electrons. The fraction of sp³-hybridized carbons (Fsp3) is 0.412. The van der Waals surface area contributed by atoms with E-state index in [1.54, 1.807) is 12.3 Å². The lowest BCUT2D eigenvalue weighted by molar-refractivity contribution is 0.307. The highest BCUT2D eigenvalue weighted by molar-refractivity contribution is 5.62. The van der Waals surface area contributed by atoms with Gasteiger partial charge >= 0.3 is 0 Å². The molecule has 0 aromatic carbocycles. The highest BCUT2D eigenvalue weighted by Gasteiger charge is 2.44. The van der Waals surface area contributed by atoms with Crippen LogP contribution in [-0.2, 0) is 0 Å². The monoisotopic (exact) mass is 281 g/mol. The van der Waals surface area contributed by atoms with Crippen LogP contribution in [0, 0.1) is 0 Å². The molecule has 2 aliphatic heterocycles. The van der Waals surface area contributed by atoms with Crippen molar-refractivity contribution in [2.75, 3.05) is 7.05 Å². The summed E-state index contributed by atoms with van der Waals surface area (Å²) in [6.45, 7) is 0. The molecule has 2 saturated heterocycles. The molecule has 1 N–H and O–H groups in total. The van der Waals surface area contributed by atoms with Crippen LogP contribution in [0.25, 0.3) is 11.1 Å². The normalized spacial score (nSPS) is 28.1. The fourth-order valence-corrected chi connectivity index (χ4v) is 4.03. The molecular weight excluding hydrogens is 262 g/mol. The second kappa shape index (κ2) is 4.81. The van der Waals surface area contributed by atoms with Crippen LogP contribution in [-0.4, -0.2) is 34.0 Å². The molecule has 0 saturated carbocycles. The van der Waals surface area contributed by atoms with E-state index in [0.717, 1.165) is 17.2 Å². The van der Waals surface area contributed by atoms with E-state index in [0.29, 0.717) is 12.0 Å². The number of likely N-dealkylation sites (N-methyl/N-ethyl adjacent to an activating group) is 1. The Labute approximate surface area is 123 Å². The van der Waals surface area contributed by atoms with Gasteiger partial charge in [-0.3, -0.25) is 14.7 Å². The largest absolute Gasteiger partial charge is 0.328 e. The topological polar surface area (TPSA) is 49.0 Å². The number of fused-ring (bicyclic) bond motifs is 2. The van der Waals surface area contributed by atoms with Crippen LogP contribution in [0.4, 0.5) is 0 Å². The molecule has 4 heteroatoms. The third-order valence-corrected chi connectivity index (χ3v) is 5.19. The molecule has 4 heterocycles. The number of hydrogen-bond acceptors (Lipinski definition) is 3. The van der Waals surface area contributed by atoms with Crippen LogP contribution in [0.1, 0.15) is 30.7 Å². The molecule has 0 aliphatic carbocycles. The van der Waals surface area contributed by atoms with Crippen LogP contribution in [0.2, 0.25) is 0 Å². The summed E-state index contributed by atoms with van der Waals surface area (Å²) in [6.07, 6.45) is 9.52. The summed E-state index contributed by atoms with van der Waals surface area (Å²) in [5.74, 6) is 0.601. The first-order chi connectivity index (χ1) is 10.2. The summed E-state index contributed by atoms with van der Waals surface area (Å²) in [7, 11) is 2.25. The van der Waals surface area contributed by atoms with Gasteiger partial charge in [-0.2, -0.15) is 0 Å². The quantitative estimate of drug-likeness (QED) is 0.919. The number of pyridine rings is 2. The Morgan fingerprint density at radius 1 is 1.24 bits per heavy atom. The van der Waals surface area contributed by atoms with E-state index in [1.807, 2.05) is 18.5 Å². The SMILES string of the molecule is CN1[C@H]2CC[C@@H]1[C@@H](c1cncc(-c3ccc(=O)[nH]c3)c1)C2. The first-order valence-corrected chi connectivity index (χ1v) is 7.58. The molecule has 2 aromatic rings. The van der Waals surface area contributed by atoms with E-state index in [9.17, 15) is 4.79 Å². The summed E-state index contributed by atoms with van der Waals surface area (Å²) < 4.78 is 0. The predicted octanol–water partition coefficient (Wildman–Crippen LogP) is 2.39. The summed E-state index contributed by atoms with van der Waals surface area (Å²) in [5.41, 5.74) is 3.35. The van der Waals surface area contributed by atoms with Crippen molar-refractivity contribution >= 4 is 0 Å². The Morgan fingerprint density at radius 2 is 2.14 bits per heavy atom. The third kappa shape index (κ3) is 2.10. The van der Waals surface area contributed by atoms with Gasteiger partial charge in [-0.25, -0.2) is 0 Å². The van der Waals surface area contributed by atoms with Crippen molar-refractivity contribution in [2.24, 2.45) is 0 Å². The van der Waals surface area contributed by atoms with Crippen LogP contribution in [0.5, 0.6) is 0 Å². The first kappa shape index (κ1) is 12.8. The lowest BCUT2D eigenvalue weighted by atomic mass is 9.84. The van der Waals surface area contributed by atoms with Gasteiger partial charge in [-0.05, 0) is 49.6 Å². The van der Waals surface area contributed by atoms with Crippen molar-refractivity contribution in [3.63, 3.8) is 0 Å². The van der Waals surface area contributed by atoms with E-state index < -0.39 is 0 Å². The summed E-state index contributed by atoms with van der Waals surface area (Å²) in [4.78, 5) is 20.9. The number of rotatable bonds is 2. The molecule has 21 heavy (non-hydrogen) atoms. The van der Waals surface area contributed by atoms with Gasteiger partial charge in [-0.1, -0.05) is 0 Å². The lowest BCUT2D eigenvalue weighted by Crippen LogP contribution is -2.25. The number of hydrogen-bond donors (Lipinski definition) is 1. The van der Waals surface area contributed by atoms with Crippen molar-refractivity contribution in [3.05, 3.63) is 52.7 Å². The number of aromatic amines is 1. The molecular formula is C17H19N3O. The number of H-pyrrole nitrogens is 1. The summed E-state index contributed by atoms with van der Waals surface area (Å²) in [6, 6.07) is 7.07. The molecule has 0 spiro atoms. The van der Waals surface area contributed by atoms with Gasteiger partial charge in [0.1, 0.15) is 0 Å². The first-order valence-electron chi connectivity index (χ1n) is 7.58. The van der Waals surface area contributed by atoms with E-state index >= 15 is 0 Å². The van der Waals surface area contributed by atoms with E-state index in [1.165, 1.54) is 24.8 Å². The minimum Gasteiger partial charge on any atom is -0.328 e. The minimum absolute atomic E-state index is 0.0717. The average molecular weight is 281 g/mol. The third-order valence-electron chi connectivity index (χ3n) is 5.19. The van der Waals surface area contributed by atoms with Crippen LogP contribution in [0.3, 0.4) is 0 Å². The molecule has 2 aliphatic rings. The van der Waals surface area contributed by atoms with Gasteiger partial charge in [-0.15, -0.1) is 0 Å². The molecule has 0 amide bonds. The Kier molecular flexibility index (Phi) is 2.93. The van der Waals surface area contributed by atoms with Crippen LogP contribution < -0.4 is 5.56 Å². The molecule has 0 unspecified atom stereocenters. The molecule has 4 nitrogen and oxygen atoms in total.